The van der Waals surface area contributed by atoms with Crippen molar-refractivity contribution in [3.8, 4) is 0 Å². The molecule has 1 saturated carbocycles. The summed E-state index contributed by atoms with van der Waals surface area (Å²) in [5.74, 6) is 1.64. The summed E-state index contributed by atoms with van der Waals surface area (Å²) in [6.07, 6.45) is 10.1. The maximum absolute atomic E-state index is 6.18. The van der Waals surface area contributed by atoms with Gasteiger partial charge in [0.25, 0.3) is 5.78 Å². The Kier molecular flexibility index (Phi) is 3.48. The van der Waals surface area contributed by atoms with Crippen LogP contribution in [0, 0.1) is 6.92 Å². The quantitative estimate of drug-likeness (QED) is 0.924. The van der Waals surface area contributed by atoms with Crippen molar-refractivity contribution in [2.45, 2.75) is 63.5 Å². The third kappa shape index (κ3) is 2.56. The average Bonchev–Trinajstić information content (AvgIpc) is 2.96. The first-order chi connectivity index (χ1) is 10.7. The van der Waals surface area contributed by atoms with Gasteiger partial charge in [0.15, 0.2) is 0 Å². The Balaban J connectivity index is 1.55. The van der Waals surface area contributed by atoms with Crippen LogP contribution in [0.3, 0.4) is 0 Å². The van der Waals surface area contributed by atoms with Gasteiger partial charge >= 0.3 is 0 Å². The van der Waals surface area contributed by atoms with E-state index in [2.05, 4.69) is 20.4 Å². The molecule has 0 radical (unpaired) electrons. The van der Waals surface area contributed by atoms with Gasteiger partial charge in [0.05, 0.1) is 5.60 Å². The number of nitrogens with zero attached hydrogens (tertiary/aromatic N) is 4. The number of hydrogen-bond donors (Lipinski definition) is 1. The minimum Gasteiger partial charge on any atom is -0.375 e. The van der Waals surface area contributed by atoms with Crippen molar-refractivity contribution < 1.29 is 4.74 Å². The van der Waals surface area contributed by atoms with E-state index in [4.69, 9.17) is 4.74 Å². The van der Waals surface area contributed by atoms with E-state index in [-0.39, 0.29) is 5.60 Å². The van der Waals surface area contributed by atoms with Gasteiger partial charge in [-0.1, -0.05) is 19.3 Å². The largest absolute Gasteiger partial charge is 0.375 e. The first-order valence-corrected chi connectivity index (χ1v) is 8.32. The molecule has 6 nitrogen and oxygen atoms in total. The van der Waals surface area contributed by atoms with Crippen LogP contribution in [0.5, 0.6) is 0 Å². The summed E-state index contributed by atoms with van der Waals surface area (Å²) in [4.78, 5) is 8.59. The van der Waals surface area contributed by atoms with Crippen LogP contribution in [0.1, 0.15) is 50.6 Å². The molecule has 1 aliphatic heterocycles. The van der Waals surface area contributed by atoms with Gasteiger partial charge in [-0.25, -0.2) is 4.98 Å². The summed E-state index contributed by atoms with van der Waals surface area (Å²) < 4.78 is 7.97. The highest BCUT2D eigenvalue weighted by atomic mass is 16.5. The fraction of sp³-hybridized carbons (Fsp3) is 0.688. The highest BCUT2D eigenvalue weighted by Gasteiger charge is 2.38. The van der Waals surface area contributed by atoms with Crippen molar-refractivity contribution in [2.75, 3.05) is 11.9 Å². The Bertz CT molecular complexity index is 656. The van der Waals surface area contributed by atoms with Crippen LogP contribution in [0.4, 0.5) is 5.82 Å². The van der Waals surface area contributed by atoms with Crippen molar-refractivity contribution >= 4 is 11.6 Å². The molecular formula is C16H23N5O. The van der Waals surface area contributed by atoms with Gasteiger partial charge in [0.1, 0.15) is 12.1 Å². The van der Waals surface area contributed by atoms with E-state index in [1.807, 2.05) is 13.0 Å². The molecule has 22 heavy (non-hydrogen) atoms. The number of fused-ring (bicyclic) bond motifs is 1. The highest BCUT2D eigenvalue weighted by molar-refractivity contribution is 5.45. The zero-order valence-electron chi connectivity index (χ0n) is 13.1. The summed E-state index contributed by atoms with van der Waals surface area (Å²) in [6.45, 7) is 2.84. The van der Waals surface area contributed by atoms with Gasteiger partial charge in [-0.3, -0.25) is 0 Å². The molecule has 1 aliphatic carbocycles. The summed E-state index contributed by atoms with van der Waals surface area (Å²) >= 11 is 0. The summed E-state index contributed by atoms with van der Waals surface area (Å²) in [5.41, 5.74) is 1.07. The van der Waals surface area contributed by atoms with Gasteiger partial charge < -0.3 is 10.1 Å². The number of ether oxygens (including phenoxy) is 1. The maximum atomic E-state index is 6.18. The van der Waals surface area contributed by atoms with Crippen LogP contribution in [-0.4, -0.2) is 37.8 Å². The Hall–Kier alpha value is -1.69. The topological polar surface area (TPSA) is 64.3 Å². The lowest BCUT2D eigenvalue weighted by atomic mass is 9.78. The Labute approximate surface area is 130 Å². The average molecular weight is 301 g/mol. The van der Waals surface area contributed by atoms with Crippen molar-refractivity contribution in [2.24, 2.45) is 0 Å². The van der Waals surface area contributed by atoms with E-state index in [0.29, 0.717) is 11.8 Å². The van der Waals surface area contributed by atoms with Crippen molar-refractivity contribution in [1.29, 1.82) is 0 Å². The van der Waals surface area contributed by atoms with Crippen LogP contribution in [0.15, 0.2) is 12.4 Å². The van der Waals surface area contributed by atoms with Crippen molar-refractivity contribution in [3.05, 3.63) is 18.1 Å². The molecule has 0 amide bonds. The zero-order chi connectivity index (χ0) is 15.0. The molecule has 2 aromatic rings. The summed E-state index contributed by atoms with van der Waals surface area (Å²) in [7, 11) is 0. The number of anilines is 1. The molecule has 4 rings (SSSR count). The number of rotatable bonds is 2. The monoisotopic (exact) mass is 301 g/mol. The Morgan fingerprint density at radius 1 is 1.32 bits per heavy atom. The molecule has 2 fully saturated rings. The van der Waals surface area contributed by atoms with E-state index in [9.17, 15) is 0 Å². The van der Waals surface area contributed by atoms with Gasteiger partial charge in [0.2, 0.25) is 0 Å². The molecule has 1 N–H and O–H groups in total. The molecule has 2 aromatic heterocycles. The number of hydrogen-bond acceptors (Lipinski definition) is 5. The minimum absolute atomic E-state index is 0.109. The first-order valence-electron chi connectivity index (χ1n) is 8.32. The third-order valence-electron chi connectivity index (χ3n) is 4.99. The predicted octanol–water partition coefficient (Wildman–Crippen LogP) is 2.73. The summed E-state index contributed by atoms with van der Waals surface area (Å²) in [6, 6.07) is 2.48. The Morgan fingerprint density at radius 2 is 2.18 bits per heavy atom. The molecule has 6 heteroatoms. The molecule has 0 bridgehead atoms. The lowest BCUT2D eigenvalue weighted by molar-refractivity contribution is -0.103. The molecule has 1 unspecified atom stereocenters. The zero-order valence-corrected chi connectivity index (χ0v) is 13.1. The SMILES string of the molecule is Cc1cc(NC2CCOC3(CCCCC3)C2)n2ncnc2n1. The van der Waals surface area contributed by atoms with Crippen LogP contribution in [0.25, 0.3) is 5.78 Å². The number of aromatic nitrogens is 4. The van der Waals surface area contributed by atoms with Crippen molar-refractivity contribution in [1.82, 2.24) is 19.6 Å². The molecule has 1 saturated heterocycles. The van der Waals surface area contributed by atoms with Crippen LogP contribution in [-0.2, 0) is 4.74 Å². The Morgan fingerprint density at radius 3 is 3.05 bits per heavy atom. The summed E-state index contributed by atoms with van der Waals surface area (Å²) in [5, 5.41) is 7.94. The predicted molar refractivity (Wildman–Crippen MR) is 83.9 cm³/mol. The van der Waals surface area contributed by atoms with Crippen molar-refractivity contribution in [3.63, 3.8) is 0 Å². The van der Waals surface area contributed by atoms with Gasteiger partial charge in [-0.15, -0.1) is 0 Å². The second-order valence-electron chi connectivity index (χ2n) is 6.68. The third-order valence-corrected chi connectivity index (χ3v) is 4.99. The molecule has 2 aliphatic rings. The molecule has 3 heterocycles. The minimum atomic E-state index is 0.109. The van der Waals surface area contributed by atoms with Crippen LogP contribution in [0.2, 0.25) is 0 Å². The van der Waals surface area contributed by atoms with Crippen LogP contribution >= 0.6 is 0 Å². The van der Waals surface area contributed by atoms with Crippen LogP contribution < -0.4 is 5.32 Å². The van der Waals surface area contributed by atoms with E-state index in [0.717, 1.165) is 31.0 Å². The van der Waals surface area contributed by atoms with Gasteiger partial charge in [-0.05, 0) is 32.6 Å². The molecular weight excluding hydrogens is 278 g/mol. The fourth-order valence-corrected chi connectivity index (χ4v) is 3.94. The second-order valence-corrected chi connectivity index (χ2v) is 6.68. The molecule has 118 valence electrons. The van der Waals surface area contributed by atoms with Gasteiger partial charge in [-0.2, -0.15) is 14.6 Å². The maximum Gasteiger partial charge on any atom is 0.254 e. The standard InChI is InChI=1S/C16H23N5O/c1-12-9-14(21-15(19-12)17-11-18-21)20-13-5-8-22-16(10-13)6-3-2-4-7-16/h9,11,13,20H,2-8,10H2,1H3. The van der Waals surface area contributed by atoms with Gasteiger partial charge in [0, 0.05) is 24.4 Å². The second kappa shape index (κ2) is 5.50. The highest BCUT2D eigenvalue weighted by Crippen LogP contribution is 2.39. The van der Waals surface area contributed by atoms with E-state index < -0.39 is 0 Å². The van der Waals surface area contributed by atoms with E-state index >= 15 is 0 Å². The normalized spacial score (nSPS) is 24.7. The van der Waals surface area contributed by atoms with E-state index in [1.165, 1.54) is 32.1 Å². The lowest BCUT2D eigenvalue weighted by Crippen LogP contribution is -2.45. The van der Waals surface area contributed by atoms with E-state index in [1.54, 1.807) is 10.8 Å². The molecule has 0 aromatic carbocycles. The molecule has 1 spiro atoms. The fourth-order valence-electron chi connectivity index (χ4n) is 3.94. The smallest absolute Gasteiger partial charge is 0.254 e. The molecule has 1 atom stereocenters. The first kappa shape index (κ1) is 13.9. The number of aryl methyl sites for hydroxylation is 1. The lowest BCUT2D eigenvalue weighted by Gasteiger charge is -2.43. The number of nitrogens with one attached hydrogen (secondary N) is 1.